The number of thiocarbonyl (C=S) groups is 1. The number of hydrogen-bond donors (Lipinski definition) is 0. The van der Waals surface area contributed by atoms with Crippen LogP contribution in [0.5, 0.6) is 0 Å². The van der Waals surface area contributed by atoms with Crippen LogP contribution in [0.1, 0.15) is 18.5 Å². The second-order valence-electron chi connectivity index (χ2n) is 6.46. The molecular weight excluding hydrogens is 364 g/mol. The van der Waals surface area contributed by atoms with E-state index in [9.17, 15) is 4.79 Å². The van der Waals surface area contributed by atoms with Crippen molar-refractivity contribution in [1.29, 1.82) is 0 Å². The van der Waals surface area contributed by atoms with Crippen LogP contribution in [0.4, 0.5) is 5.69 Å². The Balaban J connectivity index is 1.74. The molecule has 4 rings (SSSR count). The summed E-state index contributed by atoms with van der Waals surface area (Å²) in [7, 11) is 0. The van der Waals surface area contributed by atoms with Crippen LogP contribution in [-0.2, 0) is 9.63 Å². The Bertz CT molecular complexity index is 800. The van der Waals surface area contributed by atoms with Gasteiger partial charge in [0.25, 0.3) is 0 Å². The van der Waals surface area contributed by atoms with Gasteiger partial charge >= 0.3 is 0 Å². The van der Waals surface area contributed by atoms with Gasteiger partial charge in [-0.3, -0.25) is 14.5 Å². The van der Waals surface area contributed by atoms with Crippen LogP contribution < -0.4 is 5.06 Å². The molecule has 0 aliphatic carbocycles. The molecule has 0 N–H and O–H groups in total. The minimum Gasteiger partial charge on any atom is -0.297 e. The van der Waals surface area contributed by atoms with E-state index in [0.29, 0.717) is 10.9 Å². The molecule has 26 heavy (non-hydrogen) atoms. The molecule has 0 unspecified atom stereocenters. The van der Waals surface area contributed by atoms with Crippen molar-refractivity contribution >= 4 is 39.9 Å². The number of thioether (sulfide) groups is 1. The summed E-state index contributed by atoms with van der Waals surface area (Å²) in [5.41, 5.74) is 2.01. The molecule has 2 fully saturated rings. The summed E-state index contributed by atoms with van der Waals surface area (Å²) >= 11 is 6.95. The number of carbonyl (C=O) groups is 1. The molecule has 2 saturated heterocycles. The number of amides is 1. The van der Waals surface area contributed by atoms with E-state index in [0.717, 1.165) is 17.0 Å². The number of carbonyl (C=O) groups excluding carboxylic acids is 1. The first-order chi connectivity index (χ1) is 12.7. The third-order valence-corrected chi connectivity index (χ3v) is 6.27. The maximum atomic E-state index is 13.3. The monoisotopic (exact) mass is 384 g/mol. The Hall–Kier alpha value is -1.89. The third-order valence-electron chi connectivity index (χ3n) is 4.84. The highest BCUT2D eigenvalue weighted by molar-refractivity contribution is 8.23. The van der Waals surface area contributed by atoms with Gasteiger partial charge in [0.1, 0.15) is 4.32 Å². The largest absolute Gasteiger partial charge is 0.297 e. The Morgan fingerprint density at radius 3 is 2.38 bits per heavy atom. The van der Waals surface area contributed by atoms with Crippen molar-refractivity contribution in [2.45, 2.75) is 19.1 Å². The van der Waals surface area contributed by atoms with Gasteiger partial charge in [0, 0.05) is 12.3 Å². The molecule has 0 spiro atoms. The minimum absolute atomic E-state index is 0.0554. The van der Waals surface area contributed by atoms with Gasteiger partial charge in [-0.05, 0) is 24.6 Å². The van der Waals surface area contributed by atoms with Crippen molar-refractivity contribution in [2.75, 3.05) is 17.4 Å². The Kier molecular flexibility index (Phi) is 4.98. The smallest absolute Gasteiger partial charge is 0.236 e. The molecule has 3 atom stereocenters. The number of hydrogen-bond acceptors (Lipinski definition) is 5. The summed E-state index contributed by atoms with van der Waals surface area (Å²) in [6.45, 7) is 2.64. The summed E-state index contributed by atoms with van der Waals surface area (Å²) in [6, 6.07) is 19.9. The molecule has 0 bridgehead atoms. The predicted octanol–water partition coefficient (Wildman–Crippen LogP) is 4.04. The topological polar surface area (TPSA) is 32.8 Å². The lowest BCUT2D eigenvalue weighted by molar-refractivity contribution is -0.132. The van der Waals surface area contributed by atoms with Gasteiger partial charge in [0.05, 0.1) is 23.8 Å². The van der Waals surface area contributed by atoms with Crippen molar-refractivity contribution in [3.8, 4) is 0 Å². The van der Waals surface area contributed by atoms with Gasteiger partial charge in [0.15, 0.2) is 0 Å². The summed E-state index contributed by atoms with van der Waals surface area (Å²) in [6.07, 6.45) is -0.235. The first-order valence-electron chi connectivity index (χ1n) is 8.71. The van der Waals surface area contributed by atoms with E-state index in [2.05, 4.69) is 12.1 Å². The van der Waals surface area contributed by atoms with Crippen LogP contribution in [0.2, 0.25) is 0 Å². The maximum Gasteiger partial charge on any atom is 0.236 e. The molecule has 2 aliphatic heterocycles. The third kappa shape index (κ3) is 3.13. The number of nitrogens with zero attached hydrogens (tertiary/aromatic N) is 2. The molecule has 2 heterocycles. The zero-order valence-electron chi connectivity index (χ0n) is 14.4. The molecule has 6 heteroatoms. The first kappa shape index (κ1) is 17.5. The van der Waals surface area contributed by atoms with E-state index in [4.69, 9.17) is 17.1 Å². The van der Waals surface area contributed by atoms with Crippen molar-refractivity contribution < 1.29 is 9.63 Å². The number of rotatable bonds is 3. The molecule has 0 saturated carbocycles. The summed E-state index contributed by atoms with van der Waals surface area (Å²) < 4.78 is 0.673. The fourth-order valence-corrected chi connectivity index (χ4v) is 4.83. The molecule has 4 nitrogen and oxygen atoms in total. The van der Waals surface area contributed by atoms with E-state index in [1.54, 1.807) is 16.7 Å². The molecule has 134 valence electrons. The molecule has 1 amide bonds. The summed E-state index contributed by atoms with van der Waals surface area (Å²) in [5, 5.41) is 1.88. The van der Waals surface area contributed by atoms with Gasteiger partial charge < -0.3 is 0 Å². The van der Waals surface area contributed by atoms with Gasteiger partial charge in [-0.1, -0.05) is 72.5 Å². The van der Waals surface area contributed by atoms with Gasteiger partial charge in [-0.2, -0.15) is 0 Å². The van der Waals surface area contributed by atoms with E-state index in [-0.39, 0.29) is 24.0 Å². The second-order valence-corrected chi connectivity index (χ2v) is 8.19. The minimum atomic E-state index is -0.311. The highest BCUT2D eigenvalue weighted by Crippen LogP contribution is 2.43. The summed E-state index contributed by atoms with van der Waals surface area (Å²) in [4.78, 5) is 21.3. The Morgan fingerprint density at radius 1 is 1.12 bits per heavy atom. The van der Waals surface area contributed by atoms with Crippen LogP contribution in [0.15, 0.2) is 60.7 Å². The van der Waals surface area contributed by atoms with E-state index < -0.39 is 0 Å². The molecular formula is C20H20N2O2S2. The fourth-order valence-electron chi connectivity index (χ4n) is 3.61. The van der Waals surface area contributed by atoms with Gasteiger partial charge in [-0.15, -0.1) is 0 Å². The molecule has 2 aromatic carbocycles. The van der Waals surface area contributed by atoms with Crippen LogP contribution in [0.25, 0.3) is 0 Å². The van der Waals surface area contributed by atoms with Crippen molar-refractivity contribution in [3.05, 3.63) is 66.2 Å². The standard InChI is InChI=1S/C20H20N2O2S2/c1-14-17(19(23)21-12-13-26-20(21)25)18(15-8-4-2-5-9-15)22(24-14)16-10-6-3-7-11-16/h2-11,14,17-18H,12-13H2,1H3/t14-,17-,18-/m0/s1. The second kappa shape index (κ2) is 7.39. The predicted molar refractivity (Wildman–Crippen MR) is 109 cm³/mol. The average Bonchev–Trinajstić information content (AvgIpc) is 3.26. The number of benzene rings is 2. The first-order valence-corrected chi connectivity index (χ1v) is 10.1. The molecule has 2 aromatic rings. The van der Waals surface area contributed by atoms with Crippen LogP contribution in [-0.4, -0.2) is 33.5 Å². The number of anilines is 1. The van der Waals surface area contributed by atoms with Gasteiger partial charge in [-0.25, -0.2) is 5.06 Å². The number of para-hydroxylation sites is 1. The fraction of sp³-hybridized carbons (Fsp3) is 0.300. The van der Waals surface area contributed by atoms with Crippen molar-refractivity contribution in [1.82, 2.24) is 4.90 Å². The molecule has 0 radical (unpaired) electrons. The zero-order chi connectivity index (χ0) is 18.1. The van der Waals surface area contributed by atoms with Crippen LogP contribution >= 0.6 is 24.0 Å². The summed E-state index contributed by atoms with van der Waals surface area (Å²) in [5.74, 6) is 0.610. The SMILES string of the molecule is C[C@@H]1ON(c2ccccc2)[C@@H](c2ccccc2)[C@H]1C(=O)N1CCSC1=S. The quantitative estimate of drug-likeness (QED) is 0.746. The molecule has 2 aliphatic rings. The molecule has 0 aromatic heterocycles. The highest BCUT2D eigenvalue weighted by atomic mass is 32.2. The van der Waals surface area contributed by atoms with E-state index in [1.807, 2.05) is 60.5 Å². The lowest BCUT2D eigenvalue weighted by Crippen LogP contribution is -2.41. The zero-order valence-corrected chi connectivity index (χ0v) is 16.1. The van der Waals surface area contributed by atoms with E-state index in [1.165, 1.54) is 0 Å². The maximum absolute atomic E-state index is 13.3. The highest BCUT2D eigenvalue weighted by Gasteiger charge is 2.48. The lowest BCUT2D eigenvalue weighted by atomic mass is 9.88. The lowest BCUT2D eigenvalue weighted by Gasteiger charge is -2.29. The van der Waals surface area contributed by atoms with Gasteiger partial charge in [0.2, 0.25) is 5.91 Å². The Morgan fingerprint density at radius 2 is 1.77 bits per heavy atom. The van der Waals surface area contributed by atoms with Crippen molar-refractivity contribution in [3.63, 3.8) is 0 Å². The normalized spacial score (nSPS) is 25.7. The number of hydroxylamine groups is 1. The Labute approximate surface area is 163 Å². The van der Waals surface area contributed by atoms with Crippen molar-refractivity contribution in [2.24, 2.45) is 5.92 Å². The average molecular weight is 385 g/mol. The van der Waals surface area contributed by atoms with Crippen LogP contribution in [0.3, 0.4) is 0 Å². The van der Waals surface area contributed by atoms with Crippen LogP contribution in [0, 0.1) is 5.92 Å². The van der Waals surface area contributed by atoms with E-state index >= 15 is 0 Å².